The number of ether oxygens (including phenoxy) is 1. The monoisotopic (exact) mass is 273 g/mol. The Morgan fingerprint density at radius 1 is 1.30 bits per heavy atom. The quantitative estimate of drug-likeness (QED) is 0.505. The van der Waals surface area contributed by atoms with E-state index in [1.54, 1.807) is 0 Å². The number of aryl methyl sites for hydroxylation is 1. The van der Waals surface area contributed by atoms with Gasteiger partial charge >= 0.3 is 0 Å². The van der Waals surface area contributed by atoms with Gasteiger partial charge in [0.2, 0.25) is 0 Å². The molecule has 20 heavy (non-hydrogen) atoms. The Morgan fingerprint density at radius 2 is 2.15 bits per heavy atom. The molecule has 1 N–H and O–H groups in total. The van der Waals surface area contributed by atoms with E-state index < -0.39 is 0 Å². The fraction of sp³-hybridized carbons (Fsp3) is 0.556. The van der Waals surface area contributed by atoms with E-state index in [0.717, 1.165) is 37.8 Å². The Kier molecular flexibility index (Phi) is 6.13. The molecule has 1 aliphatic carbocycles. The van der Waals surface area contributed by atoms with Gasteiger partial charge in [-0.15, -0.1) is 6.58 Å². The summed E-state index contributed by atoms with van der Waals surface area (Å²) in [5.41, 5.74) is 2.60. The lowest BCUT2D eigenvalue weighted by molar-refractivity contribution is 0.301. The maximum Gasteiger partial charge on any atom is 0.123 e. The normalized spacial score (nSPS) is 14.2. The van der Waals surface area contributed by atoms with Crippen molar-refractivity contribution in [3.05, 3.63) is 42.0 Å². The zero-order chi connectivity index (χ0) is 14.2. The van der Waals surface area contributed by atoms with Gasteiger partial charge in [-0.2, -0.15) is 0 Å². The molecule has 0 bridgehead atoms. The first-order chi connectivity index (χ1) is 9.79. The number of allylic oxidation sites excluding steroid dienone is 1. The standard InChI is InChI=1S/C18H27NO/c1-3-4-5-6-7-12-20-18-11-8-15(2)13-16(18)14-19-17-9-10-17/h3,8,11,13,17,19H,1,4-7,9-10,12,14H2,2H3. The topological polar surface area (TPSA) is 21.3 Å². The molecule has 0 spiro atoms. The van der Waals surface area contributed by atoms with Crippen molar-refractivity contribution in [1.29, 1.82) is 0 Å². The van der Waals surface area contributed by atoms with E-state index in [4.69, 9.17) is 4.74 Å². The van der Waals surface area contributed by atoms with Gasteiger partial charge in [0.1, 0.15) is 5.75 Å². The summed E-state index contributed by atoms with van der Waals surface area (Å²) < 4.78 is 5.96. The van der Waals surface area contributed by atoms with Gasteiger partial charge in [0.05, 0.1) is 6.61 Å². The summed E-state index contributed by atoms with van der Waals surface area (Å²) in [6, 6.07) is 7.22. The smallest absolute Gasteiger partial charge is 0.123 e. The second kappa shape index (κ2) is 8.11. The molecule has 2 nitrogen and oxygen atoms in total. The third-order valence-corrected chi connectivity index (χ3v) is 3.68. The summed E-state index contributed by atoms with van der Waals surface area (Å²) in [6.45, 7) is 7.63. The van der Waals surface area contributed by atoms with Crippen molar-refractivity contribution in [2.75, 3.05) is 6.61 Å². The van der Waals surface area contributed by atoms with Crippen LogP contribution in [0.2, 0.25) is 0 Å². The first kappa shape index (κ1) is 15.1. The number of nitrogens with one attached hydrogen (secondary N) is 1. The predicted molar refractivity (Wildman–Crippen MR) is 85.2 cm³/mol. The zero-order valence-electron chi connectivity index (χ0n) is 12.7. The molecule has 0 radical (unpaired) electrons. The van der Waals surface area contributed by atoms with Crippen molar-refractivity contribution >= 4 is 0 Å². The van der Waals surface area contributed by atoms with Crippen LogP contribution in [-0.2, 0) is 6.54 Å². The van der Waals surface area contributed by atoms with Gasteiger partial charge in [-0.1, -0.05) is 23.8 Å². The molecule has 1 aromatic rings. The Morgan fingerprint density at radius 3 is 2.90 bits per heavy atom. The fourth-order valence-electron chi connectivity index (χ4n) is 2.28. The fourth-order valence-corrected chi connectivity index (χ4v) is 2.28. The zero-order valence-corrected chi connectivity index (χ0v) is 12.7. The molecule has 1 aliphatic rings. The average Bonchev–Trinajstić information content (AvgIpc) is 3.26. The minimum atomic E-state index is 0.738. The van der Waals surface area contributed by atoms with Gasteiger partial charge in [-0.3, -0.25) is 0 Å². The van der Waals surface area contributed by atoms with E-state index in [0.29, 0.717) is 0 Å². The summed E-state index contributed by atoms with van der Waals surface area (Å²) in [5.74, 6) is 1.05. The van der Waals surface area contributed by atoms with E-state index in [1.165, 1.54) is 36.8 Å². The number of rotatable bonds is 10. The molecule has 0 atom stereocenters. The van der Waals surface area contributed by atoms with Crippen LogP contribution in [0.15, 0.2) is 30.9 Å². The van der Waals surface area contributed by atoms with Crippen LogP contribution in [0.1, 0.15) is 49.7 Å². The number of unbranched alkanes of at least 4 members (excludes halogenated alkanes) is 3. The van der Waals surface area contributed by atoms with Gasteiger partial charge in [-0.25, -0.2) is 0 Å². The van der Waals surface area contributed by atoms with Crippen LogP contribution in [0, 0.1) is 6.92 Å². The van der Waals surface area contributed by atoms with Crippen LogP contribution in [0.3, 0.4) is 0 Å². The predicted octanol–water partition coefficient (Wildman–Crippen LogP) is 4.37. The second-order valence-electron chi connectivity index (χ2n) is 5.75. The Bertz CT molecular complexity index is 423. The van der Waals surface area contributed by atoms with Crippen molar-refractivity contribution in [2.24, 2.45) is 0 Å². The molecule has 0 unspecified atom stereocenters. The van der Waals surface area contributed by atoms with Gasteiger partial charge in [-0.05, 0) is 51.5 Å². The maximum absolute atomic E-state index is 5.96. The molecular weight excluding hydrogens is 246 g/mol. The lowest BCUT2D eigenvalue weighted by Crippen LogP contribution is -2.16. The third-order valence-electron chi connectivity index (χ3n) is 3.68. The van der Waals surface area contributed by atoms with E-state index in [1.807, 2.05) is 6.08 Å². The third kappa shape index (κ3) is 5.38. The molecule has 1 fully saturated rings. The van der Waals surface area contributed by atoms with Gasteiger partial charge in [0, 0.05) is 18.2 Å². The molecule has 0 amide bonds. The molecule has 110 valence electrons. The second-order valence-corrected chi connectivity index (χ2v) is 5.75. The summed E-state index contributed by atoms with van der Waals surface area (Å²) in [4.78, 5) is 0. The van der Waals surface area contributed by atoms with Crippen LogP contribution < -0.4 is 10.1 Å². The molecule has 0 heterocycles. The summed E-state index contributed by atoms with van der Waals surface area (Å²) in [6.07, 6.45) is 9.31. The minimum Gasteiger partial charge on any atom is -0.493 e. The van der Waals surface area contributed by atoms with Crippen molar-refractivity contribution < 1.29 is 4.74 Å². The Hall–Kier alpha value is -1.28. The number of hydrogen-bond donors (Lipinski definition) is 1. The van der Waals surface area contributed by atoms with Gasteiger partial charge < -0.3 is 10.1 Å². The minimum absolute atomic E-state index is 0.738. The molecule has 2 heteroatoms. The van der Waals surface area contributed by atoms with Crippen LogP contribution in [0.5, 0.6) is 5.75 Å². The Labute approximate surface area is 123 Å². The SMILES string of the molecule is C=CCCCCCOc1ccc(C)cc1CNC1CC1. The molecule has 0 aliphatic heterocycles. The molecule has 1 aromatic carbocycles. The summed E-state index contributed by atoms with van der Waals surface area (Å²) >= 11 is 0. The highest BCUT2D eigenvalue weighted by molar-refractivity contribution is 5.37. The molecular formula is C18H27NO. The molecule has 1 saturated carbocycles. The van der Waals surface area contributed by atoms with Crippen LogP contribution in [0.25, 0.3) is 0 Å². The largest absolute Gasteiger partial charge is 0.493 e. The average molecular weight is 273 g/mol. The van der Waals surface area contributed by atoms with Gasteiger partial charge in [0.15, 0.2) is 0 Å². The van der Waals surface area contributed by atoms with Crippen LogP contribution in [0.4, 0.5) is 0 Å². The molecule has 0 saturated heterocycles. The van der Waals surface area contributed by atoms with Crippen LogP contribution >= 0.6 is 0 Å². The maximum atomic E-state index is 5.96. The first-order valence-electron chi connectivity index (χ1n) is 7.86. The highest BCUT2D eigenvalue weighted by Crippen LogP contribution is 2.24. The highest BCUT2D eigenvalue weighted by atomic mass is 16.5. The summed E-state index contributed by atoms with van der Waals surface area (Å²) in [5, 5.41) is 3.57. The lowest BCUT2D eigenvalue weighted by atomic mass is 10.1. The van der Waals surface area contributed by atoms with E-state index in [9.17, 15) is 0 Å². The van der Waals surface area contributed by atoms with Crippen molar-refractivity contribution in [3.8, 4) is 5.75 Å². The number of benzene rings is 1. The van der Waals surface area contributed by atoms with Crippen molar-refractivity contribution in [2.45, 2.75) is 58.0 Å². The Balaban J connectivity index is 1.77. The first-order valence-corrected chi connectivity index (χ1v) is 7.86. The highest BCUT2D eigenvalue weighted by Gasteiger charge is 2.20. The lowest BCUT2D eigenvalue weighted by Gasteiger charge is -2.13. The van der Waals surface area contributed by atoms with Crippen molar-refractivity contribution in [1.82, 2.24) is 5.32 Å². The van der Waals surface area contributed by atoms with Crippen LogP contribution in [-0.4, -0.2) is 12.6 Å². The van der Waals surface area contributed by atoms with Crippen molar-refractivity contribution in [3.63, 3.8) is 0 Å². The molecule has 0 aromatic heterocycles. The van der Waals surface area contributed by atoms with Gasteiger partial charge in [0.25, 0.3) is 0 Å². The van der Waals surface area contributed by atoms with E-state index in [2.05, 4.69) is 37.0 Å². The van der Waals surface area contributed by atoms with E-state index >= 15 is 0 Å². The van der Waals surface area contributed by atoms with E-state index in [-0.39, 0.29) is 0 Å². The molecule has 2 rings (SSSR count). The summed E-state index contributed by atoms with van der Waals surface area (Å²) in [7, 11) is 0. The number of hydrogen-bond acceptors (Lipinski definition) is 2.